The van der Waals surface area contributed by atoms with Gasteiger partial charge in [-0.1, -0.05) is 32.9 Å². The summed E-state index contributed by atoms with van der Waals surface area (Å²) in [5.41, 5.74) is 0.0803. The molecule has 1 aromatic carbocycles. The van der Waals surface area contributed by atoms with Crippen molar-refractivity contribution in [3.05, 3.63) is 40.4 Å². The molecule has 0 atom stereocenters. The largest absolute Gasteiger partial charge is 0.396 e. The standard InChI is InChI=1S/C17H23N3O3/c1-17(2,3)11-20(9-6-10-21)16(23)14-18-13-8-5-4-7-12(13)15(22)19-14/h4-5,7-8,21H,6,9-11H2,1-3H3,(H,18,19,22). The first-order chi connectivity index (χ1) is 10.8. The molecule has 124 valence electrons. The molecule has 0 fully saturated rings. The summed E-state index contributed by atoms with van der Waals surface area (Å²) >= 11 is 0. The molecule has 1 amide bonds. The van der Waals surface area contributed by atoms with Gasteiger partial charge < -0.3 is 15.0 Å². The van der Waals surface area contributed by atoms with Crippen molar-refractivity contribution in [3.63, 3.8) is 0 Å². The Morgan fingerprint density at radius 1 is 1.30 bits per heavy atom. The Kier molecular flexibility index (Phi) is 5.15. The van der Waals surface area contributed by atoms with E-state index in [1.807, 2.05) is 20.8 Å². The second-order valence-corrected chi connectivity index (χ2v) is 6.80. The maximum Gasteiger partial charge on any atom is 0.289 e. The van der Waals surface area contributed by atoms with Crippen LogP contribution in [0.25, 0.3) is 10.9 Å². The number of nitrogens with one attached hydrogen (secondary N) is 1. The zero-order valence-electron chi connectivity index (χ0n) is 13.8. The highest BCUT2D eigenvalue weighted by molar-refractivity contribution is 5.92. The zero-order valence-corrected chi connectivity index (χ0v) is 13.8. The van der Waals surface area contributed by atoms with Crippen molar-refractivity contribution in [3.8, 4) is 0 Å². The second kappa shape index (κ2) is 6.91. The topological polar surface area (TPSA) is 86.3 Å². The van der Waals surface area contributed by atoms with Gasteiger partial charge in [-0.15, -0.1) is 0 Å². The molecule has 23 heavy (non-hydrogen) atoms. The van der Waals surface area contributed by atoms with Gasteiger partial charge in [0.2, 0.25) is 0 Å². The lowest BCUT2D eigenvalue weighted by atomic mass is 9.96. The Labute approximate surface area is 135 Å². The number of rotatable bonds is 5. The van der Waals surface area contributed by atoms with Crippen molar-refractivity contribution < 1.29 is 9.90 Å². The summed E-state index contributed by atoms with van der Waals surface area (Å²) in [6.07, 6.45) is 0.486. The van der Waals surface area contributed by atoms with E-state index in [4.69, 9.17) is 5.11 Å². The Hall–Kier alpha value is -2.21. The molecule has 0 spiro atoms. The molecule has 6 nitrogen and oxygen atoms in total. The molecular formula is C17H23N3O3. The van der Waals surface area contributed by atoms with Crippen LogP contribution >= 0.6 is 0 Å². The Bertz CT molecular complexity index is 747. The minimum Gasteiger partial charge on any atom is -0.396 e. The number of aromatic nitrogens is 2. The van der Waals surface area contributed by atoms with Crippen LogP contribution in [0.3, 0.4) is 0 Å². The molecule has 0 bridgehead atoms. The van der Waals surface area contributed by atoms with E-state index < -0.39 is 0 Å². The number of aliphatic hydroxyl groups excluding tert-OH is 1. The molecule has 0 radical (unpaired) electrons. The Morgan fingerprint density at radius 3 is 2.65 bits per heavy atom. The molecule has 6 heteroatoms. The van der Waals surface area contributed by atoms with Gasteiger partial charge in [-0.2, -0.15) is 0 Å². The Balaban J connectivity index is 2.37. The van der Waals surface area contributed by atoms with Crippen LogP contribution in [0, 0.1) is 5.41 Å². The molecule has 0 saturated carbocycles. The second-order valence-electron chi connectivity index (χ2n) is 6.80. The number of aromatic amines is 1. The van der Waals surface area contributed by atoms with E-state index in [0.717, 1.165) is 0 Å². The molecule has 0 aliphatic rings. The molecule has 2 aromatic rings. The van der Waals surface area contributed by atoms with Gasteiger partial charge in [0.25, 0.3) is 11.5 Å². The maximum atomic E-state index is 12.7. The highest BCUT2D eigenvalue weighted by Crippen LogP contribution is 2.17. The van der Waals surface area contributed by atoms with Crippen LogP contribution in [0.2, 0.25) is 0 Å². The molecule has 2 rings (SSSR count). The lowest BCUT2D eigenvalue weighted by Crippen LogP contribution is -2.40. The molecule has 0 saturated heterocycles. The van der Waals surface area contributed by atoms with Crippen LogP contribution in [0.4, 0.5) is 0 Å². The van der Waals surface area contributed by atoms with E-state index in [9.17, 15) is 9.59 Å². The summed E-state index contributed by atoms with van der Waals surface area (Å²) in [6.45, 7) is 7.04. The number of carbonyl (C=O) groups excluding carboxylic acids is 1. The van der Waals surface area contributed by atoms with Crippen LogP contribution in [-0.4, -0.2) is 45.6 Å². The fraction of sp³-hybridized carbons (Fsp3) is 0.471. The number of carbonyl (C=O) groups is 1. The average Bonchev–Trinajstić information content (AvgIpc) is 2.49. The maximum absolute atomic E-state index is 12.7. The number of fused-ring (bicyclic) bond motifs is 1. The molecule has 0 aliphatic carbocycles. The molecule has 2 N–H and O–H groups in total. The van der Waals surface area contributed by atoms with Crippen LogP contribution < -0.4 is 5.56 Å². The van der Waals surface area contributed by atoms with E-state index in [-0.39, 0.29) is 29.3 Å². The number of hydrogen-bond donors (Lipinski definition) is 2. The third kappa shape index (κ3) is 4.39. The number of aliphatic hydroxyl groups is 1. The lowest BCUT2D eigenvalue weighted by molar-refractivity contribution is 0.0670. The summed E-state index contributed by atoms with van der Waals surface area (Å²) in [5, 5.41) is 9.50. The van der Waals surface area contributed by atoms with Crippen molar-refractivity contribution >= 4 is 16.8 Å². The fourth-order valence-corrected chi connectivity index (χ4v) is 2.42. The molecule has 1 aromatic heterocycles. The van der Waals surface area contributed by atoms with Gasteiger partial charge in [-0.05, 0) is 24.0 Å². The van der Waals surface area contributed by atoms with Crippen molar-refractivity contribution in [2.24, 2.45) is 5.41 Å². The SMILES string of the molecule is CC(C)(C)CN(CCCO)C(=O)c1nc2ccccc2c(=O)[nH]1. The predicted molar refractivity (Wildman–Crippen MR) is 89.4 cm³/mol. The van der Waals surface area contributed by atoms with Crippen LogP contribution in [0.15, 0.2) is 29.1 Å². The summed E-state index contributed by atoms with van der Waals surface area (Å²) in [5.74, 6) is -0.285. The highest BCUT2D eigenvalue weighted by Gasteiger charge is 2.23. The van der Waals surface area contributed by atoms with Crippen molar-refractivity contribution in [2.45, 2.75) is 27.2 Å². The summed E-state index contributed by atoms with van der Waals surface area (Å²) in [4.78, 5) is 33.3. The minimum atomic E-state index is -0.323. The van der Waals surface area contributed by atoms with Crippen LogP contribution in [0.1, 0.15) is 37.8 Å². The number of amides is 1. The quantitative estimate of drug-likeness (QED) is 0.880. The fourth-order valence-electron chi connectivity index (χ4n) is 2.42. The van der Waals surface area contributed by atoms with Crippen molar-refractivity contribution in [1.82, 2.24) is 14.9 Å². The van der Waals surface area contributed by atoms with Gasteiger partial charge >= 0.3 is 0 Å². The van der Waals surface area contributed by atoms with Gasteiger partial charge in [-0.3, -0.25) is 9.59 Å². The number of para-hydroxylation sites is 1. The first-order valence-electron chi connectivity index (χ1n) is 7.71. The number of nitrogens with zero attached hydrogens (tertiary/aromatic N) is 2. The summed E-state index contributed by atoms with van der Waals surface area (Å²) < 4.78 is 0. The normalized spacial score (nSPS) is 11.7. The molecule has 0 aliphatic heterocycles. The summed E-state index contributed by atoms with van der Waals surface area (Å²) in [6, 6.07) is 6.92. The predicted octanol–water partition coefficient (Wildman–Crippen LogP) is 1.79. The first kappa shape index (κ1) is 17.1. The summed E-state index contributed by atoms with van der Waals surface area (Å²) in [7, 11) is 0. The smallest absolute Gasteiger partial charge is 0.289 e. The van der Waals surface area contributed by atoms with E-state index >= 15 is 0 Å². The van der Waals surface area contributed by atoms with Gasteiger partial charge in [0.1, 0.15) is 0 Å². The third-order valence-electron chi connectivity index (χ3n) is 3.35. The van der Waals surface area contributed by atoms with Gasteiger partial charge in [0.05, 0.1) is 10.9 Å². The van der Waals surface area contributed by atoms with Gasteiger partial charge in [0.15, 0.2) is 5.82 Å². The van der Waals surface area contributed by atoms with E-state index in [2.05, 4.69) is 9.97 Å². The zero-order chi connectivity index (χ0) is 17.0. The van der Waals surface area contributed by atoms with Gasteiger partial charge in [0, 0.05) is 19.7 Å². The molecule has 1 heterocycles. The van der Waals surface area contributed by atoms with E-state index in [0.29, 0.717) is 30.4 Å². The van der Waals surface area contributed by atoms with Crippen LogP contribution in [-0.2, 0) is 0 Å². The average molecular weight is 317 g/mol. The van der Waals surface area contributed by atoms with Crippen LogP contribution in [0.5, 0.6) is 0 Å². The minimum absolute atomic E-state index is 0.00952. The third-order valence-corrected chi connectivity index (χ3v) is 3.35. The number of H-pyrrole nitrogens is 1. The van der Waals surface area contributed by atoms with E-state index in [1.165, 1.54) is 0 Å². The van der Waals surface area contributed by atoms with Gasteiger partial charge in [-0.25, -0.2) is 4.98 Å². The highest BCUT2D eigenvalue weighted by atomic mass is 16.3. The van der Waals surface area contributed by atoms with Crippen molar-refractivity contribution in [2.75, 3.05) is 19.7 Å². The lowest BCUT2D eigenvalue weighted by Gasteiger charge is -2.29. The first-order valence-corrected chi connectivity index (χ1v) is 7.71. The monoisotopic (exact) mass is 317 g/mol. The van der Waals surface area contributed by atoms with Crippen molar-refractivity contribution in [1.29, 1.82) is 0 Å². The molecule has 0 unspecified atom stereocenters. The Morgan fingerprint density at radius 2 is 2.00 bits per heavy atom. The molecular weight excluding hydrogens is 294 g/mol. The van der Waals surface area contributed by atoms with E-state index in [1.54, 1.807) is 29.2 Å². The number of hydrogen-bond acceptors (Lipinski definition) is 4. The number of benzene rings is 1.